The number of rotatable bonds is 4. The first kappa shape index (κ1) is 11.3. The van der Waals surface area contributed by atoms with Crippen molar-refractivity contribution in [2.24, 2.45) is 0 Å². The fourth-order valence-electron chi connectivity index (χ4n) is 1.73. The highest BCUT2D eigenvalue weighted by atomic mass is 16.4. The predicted octanol–water partition coefficient (Wildman–Crippen LogP) is 0.140. The molecule has 0 aromatic carbocycles. The van der Waals surface area contributed by atoms with Gasteiger partial charge < -0.3 is 19.7 Å². The highest BCUT2D eigenvalue weighted by Gasteiger charge is 2.21. The Morgan fingerprint density at radius 1 is 1.44 bits per heavy atom. The molecule has 1 aliphatic rings. The average Bonchev–Trinajstić information content (AvgIpc) is 2.76. The number of hydrogen-bond donors (Lipinski definition) is 2. The van der Waals surface area contributed by atoms with Crippen LogP contribution in [0.3, 0.4) is 0 Å². The van der Waals surface area contributed by atoms with Gasteiger partial charge >= 0.3 is 6.01 Å². The van der Waals surface area contributed by atoms with Crippen LogP contribution in [-0.2, 0) is 6.54 Å². The van der Waals surface area contributed by atoms with Crippen molar-refractivity contribution in [2.75, 3.05) is 24.5 Å². The summed E-state index contributed by atoms with van der Waals surface area (Å²) in [5.74, 6) is 0.614. The minimum atomic E-state index is -0.180. The lowest BCUT2D eigenvalue weighted by molar-refractivity contribution is 0.144. The SMILES string of the molecule is CCNCc1nnc(N2CCC(O)CC2)o1. The van der Waals surface area contributed by atoms with Crippen LogP contribution in [0, 0.1) is 0 Å². The molecule has 0 saturated carbocycles. The van der Waals surface area contributed by atoms with Crippen LogP contribution in [0.15, 0.2) is 4.42 Å². The summed E-state index contributed by atoms with van der Waals surface area (Å²) in [5, 5.41) is 20.5. The second-order valence-electron chi connectivity index (χ2n) is 3.98. The van der Waals surface area contributed by atoms with Crippen molar-refractivity contribution < 1.29 is 9.52 Å². The lowest BCUT2D eigenvalue weighted by atomic mass is 10.1. The molecule has 6 nitrogen and oxygen atoms in total. The average molecular weight is 226 g/mol. The largest absolute Gasteiger partial charge is 0.407 e. The summed E-state index contributed by atoms with van der Waals surface area (Å²) in [7, 11) is 0. The number of aliphatic hydroxyl groups excluding tert-OH is 1. The lowest BCUT2D eigenvalue weighted by Gasteiger charge is -2.27. The molecule has 2 N–H and O–H groups in total. The van der Waals surface area contributed by atoms with Crippen LogP contribution >= 0.6 is 0 Å². The zero-order valence-electron chi connectivity index (χ0n) is 9.52. The Hall–Kier alpha value is -1.14. The molecule has 90 valence electrons. The zero-order valence-corrected chi connectivity index (χ0v) is 9.52. The summed E-state index contributed by atoms with van der Waals surface area (Å²) >= 11 is 0. The normalized spacial score (nSPS) is 18.0. The van der Waals surface area contributed by atoms with Crippen LogP contribution in [0.5, 0.6) is 0 Å². The summed E-state index contributed by atoms with van der Waals surface area (Å²) in [6.45, 7) is 5.09. The first-order chi connectivity index (χ1) is 7.79. The highest BCUT2D eigenvalue weighted by molar-refractivity contribution is 5.24. The van der Waals surface area contributed by atoms with Crippen molar-refractivity contribution in [1.82, 2.24) is 15.5 Å². The van der Waals surface area contributed by atoms with Gasteiger partial charge in [-0.05, 0) is 19.4 Å². The lowest BCUT2D eigenvalue weighted by Crippen LogP contribution is -2.35. The van der Waals surface area contributed by atoms with Crippen molar-refractivity contribution in [3.05, 3.63) is 5.89 Å². The Morgan fingerprint density at radius 2 is 2.19 bits per heavy atom. The topological polar surface area (TPSA) is 74.4 Å². The first-order valence-electron chi connectivity index (χ1n) is 5.75. The summed E-state index contributed by atoms with van der Waals surface area (Å²) in [5.41, 5.74) is 0. The van der Waals surface area contributed by atoms with Crippen molar-refractivity contribution in [3.63, 3.8) is 0 Å². The molecule has 1 saturated heterocycles. The molecule has 2 heterocycles. The summed E-state index contributed by atoms with van der Waals surface area (Å²) in [4.78, 5) is 2.02. The molecule has 1 fully saturated rings. The zero-order chi connectivity index (χ0) is 11.4. The quantitative estimate of drug-likeness (QED) is 0.760. The predicted molar refractivity (Wildman–Crippen MR) is 59.1 cm³/mol. The summed E-state index contributed by atoms with van der Waals surface area (Å²) in [6.07, 6.45) is 1.36. The molecule has 0 unspecified atom stereocenters. The van der Waals surface area contributed by atoms with Crippen LogP contribution < -0.4 is 10.2 Å². The van der Waals surface area contributed by atoms with E-state index >= 15 is 0 Å². The maximum absolute atomic E-state index is 9.39. The maximum atomic E-state index is 9.39. The fourth-order valence-corrected chi connectivity index (χ4v) is 1.73. The number of nitrogens with one attached hydrogen (secondary N) is 1. The van der Waals surface area contributed by atoms with Gasteiger partial charge in [-0.2, -0.15) is 0 Å². The molecule has 2 rings (SSSR count). The van der Waals surface area contributed by atoms with E-state index in [1.807, 2.05) is 11.8 Å². The van der Waals surface area contributed by atoms with Gasteiger partial charge in [0.15, 0.2) is 0 Å². The highest BCUT2D eigenvalue weighted by Crippen LogP contribution is 2.18. The van der Waals surface area contributed by atoms with Crippen LogP contribution in [0.1, 0.15) is 25.7 Å². The number of hydrogen-bond acceptors (Lipinski definition) is 6. The second-order valence-corrected chi connectivity index (χ2v) is 3.98. The third-order valence-corrected chi connectivity index (χ3v) is 2.72. The van der Waals surface area contributed by atoms with Crippen molar-refractivity contribution in [1.29, 1.82) is 0 Å². The summed E-state index contributed by atoms with van der Waals surface area (Å²) < 4.78 is 5.52. The molecular weight excluding hydrogens is 208 g/mol. The Morgan fingerprint density at radius 3 is 2.88 bits per heavy atom. The van der Waals surface area contributed by atoms with E-state index in [1.165, 1.54) is 0 Å². The third kappa shape index (κ3) is 2.70. The second kappa shape index (κ2) is 5.27. The van der Waals surface area contributed by atoms with Gasteiger partial charge in [-0.15, -0.1) is 5.10 Å². The van der Waals surface area contributed by atoms with Gasteiger partial charge in [-0.25, -0.2) is 0 Å². The minimum absolute atomic E-state index is 0.180. The monoisotopic (exact) mass is 226 g/mol. The van der Waals surface area contributed by atoms with Gasteiger partial charge in [0, 0.05) is 13.1 Å². The van der Waals surface area contributed by atoms with Crippen molar-refractivity contribution >= 4 is 6.01 Å². The molecule has 0 bridgehead atoms. The molecule has 0 atom stereocenters. The van der Waals surface area contributed by atoms with Gasteiger partial charge in [0.2, 0.25) is 5.89 Å². The van der Waals surface area contributed by atoms with E-state index in [-0.39, 0.29) is 6.10 Å². The molecule has 6 heteroatoms. The van der Waals surface area contributed by atoms with Crippen LogP contribution in [-0.4, -0.2) is 41.0 Å². The van der Waals surface area contributed by atoms with E-state index in [9.17, 15) is 5.11 Å². The number of anilines is 1. The van der Waals surface area contributed by atoms with Crippen molar-refractivity contribution in [3.8, 4) is 0 Å². The van der Waals surface area contributed by atoms with E-state index in [1.54, 1.807) is 0 Å². The van der Waals surface area contributed by atoms with E-state index in [0.717, 1.165) is 32.5 Å². The first-order valence-corrected chi connectivity index (χ1v) is 5.75. The Kier molecular flexibility index (Phi) is 3.74. The smallest absolute Gasteiger partial charge is 0.318 e. The van der Waals surface area contributed by atoms with E-state index in [2.05, 4.69) is 15.5 Å². The number of aliphatic hydroxyl groups is 1. The standard InChI is InChI=1S/C10H18N4O2/c1-2-11-7-9-12-13-10(16-9)14-5-3-8(15)4-6-14/h8,11,15H,2-7H2,1H3. The molecule has 16 heavy (non-hydrogen) atoms. The number of aromatic nitrogens is 2. The Labute approximate surface area is 94.7 Å². The molecule has 0 aliphatic carbocycles. The minimum Gasteiger partial charge on any atom is -0.407 e. The van der Waals surface area contributed by atoms with Crippen LogP contribution in [0.2, 0.25) is 0 Å². The Bertz CT molecular complexity index is 320. The fraction of sp³-hybridized carbons (Fsp3) is 0.800. The summed E-state index contributed by atoms with van der Waals surface area (Å²) in [6, 6.07) is 0.569. The van der Waals surface area contributed by atoms with E-state index in [0.29, 0.717) is 18.5 Å². The number of piperidine rings is 1. The number of nitrogens with zero attached hydrogens (tertiary/aromatic N) is 3. The van der Waals surface area contributed by atoms with Gasteiger partial charge in [-0.3, -0.25) is 0 Å². The molecule has 1 aromatic rings. The molecule has 0 radical (unpaired) electrons. The molecule has 1 aromatic heterocycles. The van der Waals surface area contributed by atoms with Gasteiger partial charge in [-0.1, -0.05) is 12.0 Å². The van der Waals surface area contributed by atoms with Crippen molar-refractivity contribution in [2.45, 2.75) is 32.4 Å². The van der Waals surface area contributed by atoms with E-state index < -0.39 is 0 Å². The molecule has 0 spiro atoms. The van der Waals surface area contributed by atoms with Gasteiger partial charge in [0.25, 0.3) is 0 Å². The van der Waals surface area contributed by atoms with Crippen LogP contribution in [0.25, 0.3) is 0 Å². The third-order valence-electron chi connectivity index (χ3n) is 2.72. The molecular formula is C10H18N4O2. The maximum Gasteiger partial charge on any atom is 0.318 e. The van der Waals surface area contributed by atoms with Gasteiger partial charge in [0.05, 0.1) is 12.6 Å². The van der Waals surface area contributed by atoms with Crippen LogP contribution in [0.4, 0.5) is 6.01 Å². The molecule has 1 aliphatic heterocycles. The Balaban J connectivity index is 1.91. The van der Waals surface area contributed by atoms with Gasteiger partial charge in [0.1, 0.15) is 0 Å². The van der Waals surface area contributed by atoms with E-state index in [4.69, 9.17) is 4.42 Å². The molecule has 0 amide bonds.